The summed E-state index contributed by atoms with van der Waals surface area (Å²) in [6.45, 7) is 7.86. The molecule has 0 aliphatic heterocycles. The predicted molar refractivity (Wildman–Crippen MR) is 70.9 cm³/mol. The van der Waals surface area contributed by atoms with Gasteiger partial charge in [0, 0.05) is 13.1 Å². The standard InChI is InChI=1S/C14H21NO2/c1-4-6-9-15(5-2)13-8-7-11(3)10-12(13)14(16)17/h7-8,10H,4-6,9H2,1-3H3,(H,16,17). The first-order valence-electron chi connectivity index (χ1n) is 6.19. The summed E-state index contributed by atoms with van der Waals surface area (Å²) >= 11 is 0. The first kappa shape index (κ1) is 13.6. The Morgan fingerprint density at radius 1 is 1.35 bits per heavy atom. The first-order valence-corrected chi connectivity index (χ1v) is 6.19. The number of carboxylic acid groups (broad SMARTS) is 1. The Kier molecular flexibility index (Phi) is 5.01. The molecule has 0 saturated heterocycles. The van der Waals surface area contributed by atoms with E-state index in [1.54, 1.807) is 6.07 Å². The molecule has 94 valence electrons. The lowest BCUT2D eigenvalue weighted by atomic mass is 10.1. The molecule has 3 nitrogen and oxygen atoms in total. The fraction of sp³-hybridized carbons (Fsp3) is 0.500. The van der Waals surface area contributed by atoms with Gasteiger partial charge in [-0.05, 0) is 32.4 Å². The van der Waals surface area contributed by atoms with Gasteiger partial charge in [-0.15, -0.1) is 0 Å². The quantitative estimate of drug-likeness (QED) is 0.822. The molecular formula is C14H21NO2. The number of rotatable bonds is 6. The summed E-state index contributed by atoms with van der Waals surface area (Å²) in [5.41, 5.74) is 2.22. The number of aryl methyl sites for hydroxylation is 1. The van der Waals surface area contributed by atoms with Gasteiger partial charge in [-0.1, -0.05) is 25.0 Å². The second kappa shape index (κ2) is 6.28. The highest BCUT2D eigenvalue weighted by Crippen LogP contribution is 2.22. The van der Waals surface area contributed by atoms with E-state index in [9.17, 15) is 9.90 Å². The third kappa shape index (κ3) is 3.48. The van der Waals surface area contributed by atoms with E-state index in [1.807, 2.05) is 19.1 Å². The van der Waals surface area contributed by atoms with Crippen LogP contribution in [-0.2, 0) is 0 Å². The Bertz CT molecular complexity index is 388. The second-order valence-electron chi connectivity index (χ2n) is 4.26. The lowest BCUT2D eigenvalue weighted by Gasteiger charge is -2.24. The van der Waals surface area contributed by atoms with Gasteiger partial charge in [0.05, 0.1) is 11.3 Å². The van der Waals surface area contributed by atoms with Gasteiger partial charge in [0.25, 0.3) is 0 Å². The molecule has 0 bridgehead atoms. The zero-order valence-electron chi connectivity index (χ0n) is 10.9. The number of hydrogen-bond acceptors (Lipinski definition) is 2. The van der Waals surface area contributed by atoms with Crippen molar-refractivity contribution >= 4 is 11.7 Å². The first-order chi connectivity index (χ1) is 8.10. The van der Waals surface area contributed by atoms with Gasteiger partial charge < -0.3 is 10.0 Å². The Hall–Kier alpha value is -1.51. The average molecular weight is 235 g/mol. The fourth-order valence-electron chi connectivity index (χ4n) is 1.89. The molecule has 1 N–H and O–H groups in total. The van der Waals surface area contributed by atoms with Crippen molar-refractivity contribution in [1.82, 2.24) is 0 Å². The van der Waals surface area contributed by atoms with Gasteiger partial charge in [-0.3, -0.25) is 0 Å². The zero-order valence-corrected chi connectivity index (χ0v) is 10.9. The number of nitrogens with zero attached hydrogens (tertiary/aromatic N) is 1. The van der Waals surface area contributed by atoms with Crippen LogP contribution in [0.4, 0.5) is 5.69 Å². The molecule has 1 rings (SSSR count). The molecule has 0 aliphatic carbocycles. The van der Waals surface area contributed by atoms with Gasteiger partial charge in [0.2, 0.25) is 0 Å². The van der Waals surface area contributed by atoms with Crippen LogP contribution in [0.2, 0.25) is 0 Å². The van der Waals surface area contributed by atoms with Crippen molar-refractivity contribution in [3.63, 3.8) is 0 Å². The van der Waals surface area contributed by atoms with Crippen LogP contribution in [0.3, 0.4) is 0 Å². The van der Waals surface area contributed by atoms with Crippen molar-refractivity contribution in [2.24, 2.45) is 0 Å². The van der Waals surface area contributed by atoms with Crippen LogP contribution in [0.5, 0.6) is 0 Å². The van der Waals surface area contributed by atoms with Gasteiger partial charge in [-0.25, -0.2) is 4.79 Å². The normalized spacial score (nSPS) is 10.3. The molecule has 0 aliphatic rings. The largest absolute Gasteiger partial charge is 0.478 e. The van der Waals surface area contributed by atoms with Crippen molar-refractivity contribution in [3.05, 3.63) is 29.3 Å². The van der Waals surface area contributed by atoms with Crippen LogP contribution in [0.25, 0.3) is 0 Å². The number of anilines is 1. The van der Waals surface area contributed by atoms with E-state index in [1.165, 1.54) is 0 Å². The Labute approximate surface area is 103 Å². The summed E-state index contributed by atoms with van der Waals surface area (Å²) in [4.78, 5) is 13.4. The molecule has 0 radical (unpaired) electrons. The summed E-state index contributed by atoms with van der Waals surface area (Å²) in [6, 6.07) is 5.63. The maximum absolute atomic E-state index is 11.2. The molecular weight excluding hydrogens is 214 g/mol. The number of benzene rings is 1. The van der Waals surface area contributed by atoms with E-state index in [0.717, 1.165) is 37.2 Å². The van der Waals surface area contributed by atoms with Crippen molar-refractivity contribution in [2.45, 2.75) is 33.6 Å². The molecule has 0 atom stereocenters. The highest BCUT2D eigenvalue weighted by atomic mass is 16.4. The molecule has 0 unspecified atom stereocenters. The van der Waals surface area contributed by atoms with E-state index in [0.29, 0.717) is 5.56 Å². The van der Waals surface area contributed by atoms with Gasteiger partial charge >= 0.3 is 5.97 Å². The van der Waals surface area contributed by atoms with Crippen LogP contribution in [0, 0.1) is 6.92 Å². The highest BCUT2D eigenvalue weighted by molar-refractivity contribution is 5.94. The average Bonchev–Trinajstić information content (AvgIpc) is 2.31. The lowest BCUT2D eigenvalue weighted by molar-refractivity contribution is 0.0697. The third-order valence-corrected chi connectivity index (χ3v) is 2.89. The van der Waals surface area contributed by atoms with Crippen molar-refractivity contribution in [1.29, 1.82) is 0 Å². The Balaban J connectivity index is 3.05. The van der Waals surface area contributed by atoms with Crippen molar-refractivity contribution < 1.29 is 9.90 Å². The highest BCUT2D eigenvalue weighted by Gasteiger charge is 2.14. The maximum atomic E-state index is 11.2. The third-order valence-electron chi connectivity index (χ3n) is 2.89. The van der Waals surface area contributed by atoms with Crippen molar-refractivity contribution in [2.75, 3.05) is 18.0 Å². The predicted octanol–water partition coefficient (Wildman–Crippen LogP) is 3.32. The summed E-state index contributed by atoms with van der Waals surface area (Å²) in [5, 5.41) is 9.23. The topological polar surface area (TPSA) is 40.5 Å². The molecule has 0 aromatic heterocycles. The molecule has 0 heterocycles. The molecule has 1 aromatic rings. The van der Waals surface area contributed by atoms with Gasteiger partial charge in [-0.2, -0.15) is 0 Å². The monoisotopic (exact) mass is 235 g/mol. The minimum absolute atomic E-state index is 0.406. The van der Waals surface area contributed by atoms with Crippen LogP contribution in [-0.4, -0.2) is 24.2 Å². The van der Waals surface area contributed by atoms with E-state index >= 15 is 0 Å². The Morgan fingerprint density at radius 2 is 2.06 bits per heavy atom. The van der Waals surface area contributed by atoms with Gasteiger partial charge in [0.1, 0.15) is 0 Å². The number of carbonyl (C=O) groups is 1. The minimum Gasteiger partial charge on any atom is -0.478 e. The summed E-state index contributed by atoms with van der Waals surface area (Å²) in [5.74, 6) is -0.848. The fourth-order valence-corrected chi connectivity index (χ4v) is 1.89. The zero-order chi connectivity index (χ0) is 12.8. The Morgan fingerprint density at radius 3 is 2.59 bits per heavy atom. The summed E-state index contributed by atoms with van der Waals surface area (Å²) < 4.78 is 0. The molecule has 0 spiro atoms. The van der Waals surface area contributed by atoms with E-state index in [-0.39, 0.29) is 0 Å². The smallest absolute Gasteiger partial charge is 0.337 e. The molecule has 1 aromatic carbocycles. The van der Waals surface area contributed by atoms with Crippen LogP contribution in [0.1, 0.15) is 42.6 Å². The molecule has 0 amide bonds. The van der Waals surface area contributed by atoms with Crippen LogP contribution < -0.4 is 4.90 Å². The molecule has 3 heteroatoms. The summed E-state index contributed by atoms with van der Waals surface area (Å²) in [6.07, 6.45) is 2.20. The van der Waals surface area contributed by atoms with E-state index in [4.69, 9.17) is 0 Å². The summed E-state index contributed by atoms with van der Waals surface area (Å²) in [7, 11) is 0. The van der Waals surface area contributed by atoms with E-state index < -0.39 is 5.97 Å². The van der Waals surface area contributed by atoms with Crippen LogP contribution >= 0.6 is 0 Å². The molecule has 17 heavy (non-hydrogen) atoms. The number of carboxylic acids is 1. The minimum atomic E-state index is -0.848. The second-order valence-corrected chi connectivity index (χ2v) is 4.26. The number of aromatic carboxylic acids is 1. The van der Waals surface area contributed by atoms with E-state index in [2.05, 4.69) is 18.7 Å². The SMILES string of the molecule is CCCCN(CC)c1ccc(C)cc1C(=O)O. The van der Waals surface area contributed by atoms with Crippen molar-refractivity contribution in [3.8, 4) is 0 Å². The maximum Gasteiger partial charge on any atom is 0.337 e. The van der Waals surface area contributed by atoms with Gasteiger partial charge in [0.15, 0.2) is 0 Å². The van der Waals surface area contributed by atoms with Crippen LogP contribution in [0.15, 0.2) is 18.2 Å². The molecule has 0 saturated carbocycles. The lowest BCUT2D eigenvalue weighted by Crippen LogP contribution is -2.25. The number of hydrogen-bond donors (Lipinski definition) is 1. The molecule has 0 fully saturated rings. The number of unbranched alkanes of at least 4 members (excludes halogenated alkanes) is 1.